The first-order valence-corrected chi connectivity index (χ1v) is 46.9. The van der Waals surface area contributed by atoms with Gasteiger partial charge in [0.2, 0.25) is 17.7 Å². The number of benzene rings is 2. The summed E-state index contributed by atoms with van der Waals surface area (Å²) in [6, 6.07) is 43.5. The summed E-state index contributed by atoms with van der Waals surface area (Å²) in [5, 5.41) is 18.0. The number of nitrogens with one attached hydrogen (secondary N) is 5. The van der Waals surface area contributed by atoms with Gasteiger partial charge in [-0.25, -0.2) is 39.2 Å². The van der Waals surface area contributed by atoms with Gasteiger partial charge in [0.15, 0.2) is 15.9 Å². The van der Waals surface area contributed by atoms with Crippen molar-refractivity contribution in [3.63, 3.8) is 0 Å². The van der Waals surface area contributed by atoms with E-state index in [1.165, 1.54) is 76.0 Å². The molecule has 8 aromatic heterocycles. The lowest BCUT2D eigenvalue weighted by Crippen LogP contribution is -2.41. The molecule has 6 aliphatic carbocycles. The van der Waals surface area contributed by atoms with Gasteiger partial charge in [0.25, 0.3) is 31.9 Å². The Kier molecular flexibility index (Phi) is 21.3. The number of rotatable bonds is 15. The molecule has 8 fully saturated rings. The van der Waals surface area contributed by atoms with E-state index >= 15 is 4.39 Å². The minimum absolute atomic E-state index is 0.000135. The largest absolute Gasteiger partial charge is 0.478 e. The molecule has 2 saturated heterocycles. The number of carbonyl (C=O) groups excluding carboxylic acids is 2. The lowest BCUT2D eigenvalue weighted by molar-refractivity contribution is 0.0972. The maximum Gasteiger partial charge on any atom is 0.281 e. The molecule has 6 saturated carbocycles. The summed E-state index contributed by atoms with van der Waals surface area (Å²) in [4.78, 5) is 60.7. The molecular weight excluding hydrogens is 1590 g/mol. The highest BCUT2D eigenvalue weighted by Crippen LogP contribution is 2.94. The van der Waals surface area contributed by atoms with Crippen molar-refractivity contribution in [3.05, 3.63) is 232 Å². The maximum atomic E-state index is 15.7. The van der Waals surface area contributed by atoms with Crippen LogP contribution in [0.3, 0.4) is 0 Å². The summed E-state index contributed by atoms with van der Waals surface area (Å²) in [7, 11) is -8.83. The highest BCUT2D eigenvalue weighted by molar-refractivity contribution is 7.90. The Labute approximate surface area is 721 Å². The van der Waals surface area contributed by atoms with Crippen molar-refractivity contribution in [1.82, 2.24) is 59.3 Å². The molecule has 123 heavy (non-hydrogen) atoms. The zero-order valence-electron chi connectivity index (χ0n) is 72.1. The Hall–Kier alpha value is -10.7. The van der Waals surface area contributed by atoms with Crippen molar-refractivity contribution < 1.29 is 40.3 Å². The fourth-order valence-corrected chi connectivity index (χ4v) is 23.5. The van der Waals surface area contributed by atoms with Gasteiger partial charge in [-0.3, -0.25) is 19.6 Å². The van der Waals surface area contributed by atoms with E-state index in [4.69, 9.17) is 29.5 Å². The lowest BCUT2D eigenvalue weighted by Gasteiger charge is -2.34. The second-order valence-corrected chi connectivity index (χ2v) is 42.8. The molecule has 2 aromatic carbocycles. The first-order chi connectivity index (χ1) is 58.7. The Morgan fingerprint density at radius 3 is 1.41 bits per heavy atom. The Bertz CT molecular complexity index is 5840. The summed E-state index contributed by atoms with van der Waals surface area (Å²) < 4.78 is 89.4. The highest BCUT2D eigenvalue weighted by Gasteiger charge is 2.86. The van der Waals surface area contributed by atoms with Gasteiger partial charge in [-0.15, -0.1) is 5.10 Å². The maximum absolute atomic E-state index is 15.7. The number of nitrogens with zero attached hydrogens (tertiary/aromatic N) is 11. The number of aromatic amines is 1. The first kappa shape index (κ1) is 83.2. The van der Waals surface area contributed by atoms with Gasteiger partial charge in [0.05, 0.1) is 54.0 Å². The van der Waals surface area contributed by atoms with Crippen LogP contribution >= 0.6 is 0 Å². The summed E-state index contributed by atoms with van der Waals surface area (Å²) in [6.45, 7) is 24.0. The Morgan fingerprint density at radius 2 is 0.951 bits per heavy atom. The van der Waals surface area contributed by atoms with Crippen LogP contribution in [0.2, 0.25) is 0 Å². The van der Waals surface area contributed by atoms with E-state index in [9.17, 15) is 26.4 Å². The van der Waals surface area contributed by atoms with Crippen molar-refractivity contribution >= 4 is 55.1 Å². The number of aromatic nitrogens is 10. The van der Waals surface area contributed by atoms with E-state index in [1.807, 2.05) is 116 Å². The molecule has 10 aliphatic rings. The Morgan fingerprint density at radius 1 is 0.496 bits per heavy atom. The van der Waals surface area contributed by atoms with E-state index < -0.39 is 48.9 Å². The molecule has 2 unspecified atom stereocenters. The van der Waals surface area contributed by atoms with Crippen LogP contribution in [0, 0.1) is 51.3 Å². The third kappa shape index (κ3) is 16.8. The average molecular weight is 1700 g/mol. The third-order valence-electron chi connectivity index (χ3n) is 28.5. The molecule has 20 rings (SSSR count). The van der Waals surface area contributed by atoms with Crippen LogP contribution < -0.4 is 39.4 Å². The molecule has 24 nitrogen and oxygen atoms in total. The van der Waals surface area contributed by atoms with Crippen molar-refractivity contribution in [2.75, 3.05) is 46.7 Å². The molecule has 4 spiro atoms. The number of hydrogen-bond donors (Lipinski definition) is 5. The number of carbonyl (C=O) groups is 2. The van der Waals surface area contributed by atoms with Crippen LogP contribution in [-0.4, -0.2) is 116 Å². The second kappa shape index (κ2) is 31.5. The molecule has 27 heteroatoms. The molecule has 12 heterocycles. The van der Waals surface area contributed by atoms with Crippen LogP contribution in [0.25, 0.3) is 5.82 Å². The van der Waals surface area contributed by atoms with Crippen molar-refractivity contribution in [3.8, 4) is 17.6 Å². The normalized spacial score (nSPS) is 22.8. The fourth-order valence-electron chi connectivity index (χ4n) is 21.6. The number of anilines is 4. The van der Waals surface area contributed by atoms with Crippen LogP contribution in [0.5, 0.6) is 11.8 Å². The quantitative estimate of drug-likeness (QED) is 0.0596. The monoisotopic (exact) mass is 1700 g/mol. The predicted octanol–water partition coefficient (Wildman–Crippen LogP) is 17.5. The first-order valence-electron chi connectivity index (χ1n) is 43.9. The second-order valence-electron chi connectivity index (χ2n) is 39.6. The predicted molar refractivity (Wildman–Crippen MR) is 470 cm³/mol. The zero-order valence-corrected chi connectivity index (χ0v) is 73.7. The number of sulfonamides is 2. The number of hydrogen-bond acceptors (Lipinski definition) is 20. The summed E-state index contributed by atoms with van der Waals surface area (Å²) in [5.74, 6) is 3.04. The standard InChI is InChI=1S/C48H56N8O4S.C36H41FN6O3S.C12H16N2O/c1-45(2,3)34-16-23-49-37(28-34)36-15-14-32-29-46(4,5)55(30-32)43-35(44(57)54-61(58,59)41-13-9-12-39(50-36)51-41)27-33(26-31-10-7-6-8-11-31)42(52-43)56-24-17-40(53-56)60-25-18-38-47(19-20-47)48(38)21-22-48;1-35(2,3)26-16-17-38-29(20-26)28-15-14-24-21-36(4,5)43(22-24)33-27(19-25(32(37)41-33)18-23-10-7-6-8-11-23)34(44)42-47(45,46)31-13-9-12-30(39-28)40-31;1-7-13-14-10(1)15-8-2-9-11(3-4-11)12(9)5-6-12/h6-13,16-17,23-24,27-28,32,36,38H,14-15,18-22,25-26,29-30H2,1-5H3,(H,50,51)(H,54,57);6-13,16-17,19-20,24,28H,14-15,18,21-22H2,1-5H3,(H,39,40)(H,42,44);1,7,9H,2-6,8H2,(H,13,14)/t32-,36?;24-,28?;/m00./s1. The molecule has 644 valence electrons. The van der Waals surface area contributed by atoms with E-state index in [0.717, 1.165) is 113 Å². The molecule has 0 radical (unpaired) electrons. The van der Waals surface area contributed by atoms with Gasteiger partial charge in [-0.2, -0.15) is 26.3 Å². The van der Waals surface area contributed by atoms with Crippen molar-refractivity contribution in [2.45, 2.75) is 229 Å². The zero-order chi connectivity index (χ0) is 85.9. The van der Waals surface area contributed by atoms with E-state index in [-0.39, 0.29) is 73.7 Å². The highest BCUT2D eigenvalue weighted by atomic mass is 32.2. The van der Waals surface area contributed by atoms with Gasteiger partial charge in [-0.1, -0.05) is 114 Å². The average Bonchev–Trinajstić information content (AvgIpc) is 1.45. The number of amides is 2. The number of ether oxygens (including phenoxy) is 2. The summed E-state index contributed by atoms with van der Waals surface area (Å²) >= 11 is 0. The lowest BCUT2D eigenvalue weighted by atomic mass is 9.86. The number of H-pyrrole nitrogens is 1. The number of halogens is 1. The molecule has 8 bridgehead atoms. The summed E-state index contributed by atoms with van der Waals surface area (Å²) in [6.07, 6.45) is 26.4. The molecule has 4 atom stereocenters. The molecule has 10 aromatic rings. The fraction of sp³-hybridized carbons (Fsp3) is 0.479. The van der Waals surface area contributed by atoms with Crippen LogP contribution in [-0.2, 0) is 43.7 Å². The molecular formula is C96H113FN16O8S2. The number of fused-ring (bicyclic) bond motifs is 14. The minimum Gasteiger partial charge on any atom is -0.478 e. The van der Waals surface area contributed by atoms with Crippen molar-refractivity contribution in [2.24, 2.45) is 45.3 Å². The molecule has 5 N–H and O–H groups in total. The van der Waals surface area contributed by atoms with Gasteiger partial charge in [0.1, 0.15) is 23.3 Å². The van der Waals surface area contributed by atoms with Gasteiger partial charge >= 0.3 is 0 Å². The van der Waals surface area contributed by atoms with Gasteiger partial charge < -0.3 is 29.9 Å². The SMILES string of the molecule is CC(C)(C)c1ccnc(C2CC[C@@H]3CN(c4nc(-n5ccc(OCCC6C7(CC7)C67CC7)n5)c(Cc5ccccc5)cc4C(=O)NS(=O)(=O)c4cccc(n4)N2)C(C)(C)C3)c1.CC(C)(C)c1ccnc(C2CC[C@@H]3CN(c4nc(F)c(Cc5ccccc5)cc4C(=O)NS(=O)(=O)c4cccc(n4)N2)C(C)(C)C3)c1.c1cc(OCCC2C3(CC3)C23CC3)[nH]n1. The van der Waals surface area contributed by atoms with E-state index in [1.54, 1.807) is 47.4 Å². The molecule has 2 amide bonds. The topological polar surface area (TPSA) is 299 Å². The van der Waals surface area contributed by atoms with E-state index in [2.05, 4.69) is 118 Å². The van der Waals surface area contributed by atoms with Crippen LogP contribution in [0.1, 0.15) is 250 Å². The molecule has 4 aliphatic heterocycles. The van der Waals surface area contributed by atoms with Gasteiger partial charge in [0, 0.05) is 78.9 Å². The van der Waals surface area contributed by atoms with Gasteiger partial charge in [-0.05, 0) is 270 Å². The van der Waals surface area contributed by atoms with Crippen LogP contribution in [0.4, 0.5) is 27.7 Å². The minimum atomic E-state index is -4.42. The smallest absolute Gasteiger partial charge is 0.281 e. The Balaban J connectivity index is 0.000000146. The van der Waals surface area contributed by atoms with E-state index in [0.29, 0.717) is 72.5 Å². The number of pyridine rings is 6. The summed E-state index contributed by atoms with van der Waals surface area (Å²) in [5.41, 5.74) is 8.78. The van der Waals surface area contributed by atoms with Crippen molar-refractivity contribution in [1.29, 1.82) is 0 Å². The van der Waals surface area contributed by atoms with Crippen LogP contribution in [0.15, 0.2) is 180 Å². The third-order valence-corrected chi connectivity index (χ3v) is 31.0.